The highest BCUT2D eigenvalue weighted by molar-refractivity contribution is 5.92. The summed E-state index contributed by atoms with van der Waals surface area (Å²) in [5.41, 5.74) is 3.66. The highest BCUT2D eigenvalue weighted by Gasteiger charge is 2.15. The number of carbonyl (C=O) groups is 4. The Hall–Kier alpha value is -6.06. The third kappa shape index (κ3) is 16.3. The first kappa shape index (κ1) is 41.1. The van der Waals surface area contributed by atoms with Gasteiger partial charge in [-0.25, -0.2) is 28.8 Å². The third-order valence-electron chi connectivity index (χ3n) is 6.41. The van der Waals surface area contributed by atoms with Crippen molar-refractivity contribution >= 4 is 34.9 Å². The van der Waals surface area contributed by atoms with Gasteiger partial charge in [0.15, 0.2) is 5.65 Å². The van der Waals surface area contributed by atoms with Crippen LogP contribution in [-0.4, -0.2) is 123 Å². The summed E-state index contributed by atoms with van der Waals surface area (Å²) >= 11 is 0. The maximum Gasteiger partial charge on any atom is 0.328 e. The number of fused-ring (bicyclic) bond motifs is 1. The van der Waals surface area contributed by atoms with Crippen LogP contribution in [0.3, 0.4) is 0 Å². The monoisotopic (exact) mass is 705 g/mol. The second kappa shape index (κ2) is 21.8. The molecule has 2 aromatic heterocycles. The molecule has 0 amide bonds. The van der Waals surface area contributed by atoms with Crippen LogP contribution < -0.4 is 9.47 Å². The van der Waals surface area contributed by atoms with Crippen molar-refractivity contribution in [1.29, 1.82) is 0 Å². The molecular formula is C36H43N5O10. The predicted molar refractivity (Wildman–Crippen MR) is 190 cm³/mol. The first-order chi connectivity index (χ1) is 24.3. The molecule has 4 N–H and O–H groups in total. The minimum atomic E-state index is -1.26. The molecule has 2 aromatic carbocycles. The topological polar surface area (TPSA) is 205 Å². The summed E-state index contributed by atoms with van der Waals surface area (Å²) in [6.45, 7) is 3.38. The second-order valence-electron chi connectivity index (χ2n) is 11.2. The molecule has 0 radical (unpaired) electrons. The summed E-state index contributed by atoms with van der Waals surface area (Å²) in [5, 5.41) is 37.2. The molecule has 0 aliphatic rings. The van der Waals surface area contributed by atoms with Gasteiger partial charge in [0.25, 0.3) is 0 Å². The highest BCUT2D eigenvalue weighted by atomic mass is 16.5. The van der Waals surface area contributed by atoms with Crippen LogP contribution in [0.1, 0.15) is 12.8 Å². The first-order valence-electron chi connectivity index (χ1n) is 15.6. The highest BCUT2D eigenvalue weighted by Crippen LogP contribution is 2.30. The Bertz CT molecular complexity index is 1720. The van der Waals surface area contributed by atoms with E-state index in [-0.39, 0.29) is 0 Å². The van der Waals surface area contributed by atoms with Crippen molar-refractivity contribution in [2.24, 2.45) is 0 Å². The smallest absolute Gasteiger partial charge is 0.328 e. The standard InChI is InChI=1S/C28H35N5O2.2C4H4O4/c1-31(2)17-7-19-34-24-14-12-22(13-15-24)27-26-11-6-16-29-28(26)33(30-27)23-9-5-10-25(21-23)35-20-8-18-32(3)4;2*5-3(6)1-2-4(7)8/h5-6,9-16,21H,7-8,17-20H2,1-4H3;2*1-2H,(H,5,6)(H,7,8). The number of pyridine rings is 1. The van der Waals surface area contributed by atoms with Crippen molar-refractivity contribution in [2.45, 2.75) is 12.8 Å². The summed E-state index contributed by atoms with van der Waals surface area (Å²) in [5.74, 6) is -3.33. The fourth-order valence-corrected chi connectivity index (χ4v) is 4.19. The predicted octanol–water partition coefficient (Wildman–Crippen LogP) is 4.17. The maximum atomic E-state index is 9.55. The lowest BCUT2D eigenvalue weighted by atomic mass is 10.1. The molecule has 0 bridgehead atoms. The number of rotatable bonds is 16. The van der Waals surface area contributed by atoms with Crippen LogP contribution in [0.2, 0.25) is 0 Å². The van der Waals surface area contributed by atoms with Crippen LogP contribution in [0.25, 0.3) is 28.0 Å². The molecule has 51 heavy (non-hydrogen) atoms. The molecule has 0 fully saturated rings. The molecule has 0 spiro atoms. The molecule has 15 nitrogen and oxygen atoms in total. The normalized spacial score (nSPS) is 10.9. The first-order valence-corrected chi connectivity index (χ1v) is 15.6. The average Bonchev–Trinajstić information content (AvgIpc) is 3.47. The van der Waals surface area contributed by atoms with E-state index in [9.17, 15) is 19.2 Å². The number of aliphatic carboxylic acids is 4. The van der Waals surface area contributed by atoms with Gasteiger partial charge in [0.1, 0.15) is 17.2 Å². The SMILES string of the molecule is CN(C)CCCOc1ccc(-c2nn(-c3cccc(OCCCN(C)C)c3)c3ncccc23)cc1.O=C(O)C=CC(=O)O.O=C(O)C=CC(=O)O. The lowest BCUT2D eigenvalue weighted by Gasteiger charge is -2.11. The van der Waals surface area contributed by atoms with Gasteiger partial charge >= 0.3 is 23.9 Å². The maximum absolute atomic E-state index is 9.55. The number of carboxylic acids is 4. The van der Waals surface area contributed by atoms with Gasteiger partial charge in [-0.15, -0.1) is 0 Å². The van der Waals surface area contributed by atoms with Gasteiger partial charge < -0.3 is 39.7 Å². The van der Waals surface area contributed by atoms with Crippen molar-refractivity contribution in [1.82, 2.24) is 24.6 Å². The van der Waals surface area contributed by atoms with Crippen molar-refractivity contribution in [3.63, 3.8) is 0 Å². The number of carboxylic acid groups (broad SMARTS) is 4. The van der Waals surface area contributed by atoms with Gasteiger partial charge in [-0.05, 0) is 89.6 Å². The van der Waals surface area contributed by atoms with E-state index >= 15 is 0 Å². The zero-order valence-electron chi connectivity index (χ0n) is 28.9. The molecule has 0 saturated carbocycles. The van der Waals surface area contributed by atoms with E-state index in [0.29, 0.717) is 37.5 Å². The Labute approximate surface area is 295 Å². The molecule has 272 valence electrons. The molecule has 0 unspecified atom stereocenters. The van der Waals surface area contributed by atoms with Gasteiger partial charge in [-0.3, -0.25) is 0 Å². The quantitative estimate of drug-likeness (QED) is 0.0954. The number of hydrogen-bond acceptors (Lipinski definition) is 10. The molecule has 15 heteroatoms. The zero-order chi connectivity index (χ0) is 37.8. The van der Waals surface area contributed by atoms with Crippen molar-refractivity contribution < 1.29 is 49.1 Å². The summed E-state index contributed by atoms with van der Waals surface area (Å²) in [6, 6.07) is 20.2. The van der Waals surface area contributed by atoms with Gasteiger partial charge in [-0.2, -0.15) is 5.10 Å². The minimum absolute atomic E-state index is 0.558. The van der Waals surface area contributed by atoms with E-state index in [1.165, 1.54) is 0 Å². The Balaban J connectivity index is 0.000000468. The molecule has 0 atom stereocenters. The second-order valence-corrected chi connectivity index (χ2v) is 11.2. The molecule has 0 aliphatic carbocycles. The van der Waals surface area contributed by atoms with E-state index in [0.717, 1.165) is 65.4 Å². The average molecular weight is 706 g/mol. The summed E-state index contributed by atoms with van der Waals surface area (Å²) in [4.78, 5) is 47.2. The lowest BCUT2D eigenvalue weighted by molar-refractivity contribution is -0.134. The van der Waals surface area contributed by atoms with Crippen molar-refractivity contribution in [2.75, 3.05) is 54.5 Å². The van der Waals surface area contributed by atoms with E-state index < -0.39 is 23.9 Å². The Kier molecular flexibility index (Phi) is 17.6. The van der Waals surface area contributed by atoms with Crippen LogP contribution in [0, 0.1) is 0 Å². The van der Waals surface area contributed by atoms with Gasteiger partial charge in [0, 0.05) is 60.6 Å². The molecule has 2 heterocycles. The van der Waals surface area contributed by atoms with Gasteiger partial charge in [0.05, 0.1) is 18.9 Å². The Morgan fingerprint density at radius 2 is 1.20 bits per heavy atom. The fraction of sp³-hybridized carbons (Fsp3) is 0.278. The molecule has 0 aliphatic heterocycles. The Morgan fingerprint density at radius 3 is 1.69 bits per heavy atom. The summed E-state index contributed by atoms with van der Waals surface area (Å²) < 4.78 is 13.8. The summed E-state index contributed by atoms with van der Waals surface area (Å²) in [6.07, 6.45) is 6.00. The van der Waals surface area contributed by atoms with Crippen LogP contribution in [0.5, 0.6) is 11.5 Å². The molecular weight excluding hydrogens is 662 g/mol. The zero-order valence-corrected chi connectivity index (χ0v) is 28.9. The Morgan fingerprint density at radius 1 is 0.686 bits per heavy atom. The number of ether oxygens (including phenoxy) is 2. The van der Waals surface area contributed by atoms with Crippen LogP contribution in [0.15, 0.2) is 91.2 Å². The number of hydrogen-bond donors (Lipinski definition) is 4. The largest absolute Gasteiger partial charge is 0.494 e. The molecule has 0 saturated heterocycles. The van der Waals surface area contributed by atoms with Crippen LogP contribution in [-0.2, 0) is 19.2 Å². The van der Waals surface area contributed by atoms with Gasteiger partial charge in [-0.1, -0.05) is 6.07 Å². The third-order valence-corrected chi connectivity index (χ3v) is 6.41. The number of benzene rings is 2. The fourth-order valence-electron chi connectivity index (χ4n) is 4.19. The minimum Gasteiger partial charge on any atom is -0.494 e. The molecule has 4 aromatic rings. The van der Waals surface area contributed by atoms with E-state index in [1.54, 1.807) is 6.20 Å². The van der Waals surface area contributed by atoms with E-state index in [1.807, 2.05) is 47.1 Å². The van der Waals surface area contributed by atoms with E-state index in [4.69, 9.17) is 35.0 Å². The van der Waals surface area contributed by atoms with Crippen molar-refractivity contribution in [3.8, 4) is 28.4 Å². The number of nitrogens with zero attached hydrogens (tertiary/aromatic N) is 5. The van der Waals surface area contributed by atoms with E-state index in [2.05, 4.69) is 61.2 Å². The lowest BCUT2D eigenvalue weighted by Crippen LogP contribution is -2.15. The summed E-state index contributed by atoms with van der Waals surface area (Å²) in [7, 11) is 8.29. The van der Waals surface area contributed by atoms with Crippen LogP contribution in [0.4, 0.5) is 0 Å². The number of aromatic nitrogens is 3. The van der Waals surface area contributed by atoms with Crippen molar-refractivity contribution in [3.05, 3.63) is 91.2 Å². The van der Waals surface area contributed by atoms with Crippen LogP contribution >= 0.6 is 0 Å². The molecule has 4 rings (SSSR count). The van der Waals surface area contributed by atoms with Gasteiger partial charge in [0.2, 0.25) is 0 Å².